The van der Waals surface area contributed by atoms with E-state index in [4.69, 9.17) is 14.2 Å². The number of carbonyl (C=O) groups is 3. The molecule has 0 saturated carbocycles. The van der Waals surface area contributed by atoms with E-state index >= 15 is 0 Å². The summed E-state index contributed by atoms with van der Waals surface area (Å²) in [6.07, 6.45) is 49.2. The number of esters is 3. The molecule has 0 aromatic heterocycles. The Hall–Kier alpha value is -3.15. The highest BCUT2D eigenvalue weighted by Crippen LogP contribution is 2.12. The minimum absolute atomic E-state index is 0.117. The molecule has 6 nitrogen and oxygen atoms in total. The van der Waals surface area contributed by atoms with E-state index in [0.29, 0.717) is 12.8 Å². The number of allylic oxidation sites excluding steroid dienone is 11. The quantitative estimate of drug-likeness (QED) is 0.0277. The van der Waals surface area contributed by atoms with Gasteiger partial charge in [0.2, 0.25) is 0 Å². The monoisotopic (exact) mass is 725 g/mol. The Bertz CT molecular complexity index is 1020. The van der Waals surface area contributed by atoms with Gasteiger partial charge in [-0.05, 0) is 83.5 Å². The molecule has 6 heteroatoms. The van der Waals surface area contributed by atoms with E-state index < -0.39 is 12.1 Å². The van der Waals surface area contributed by atoms with Crippen molar-refractivity contribution in [2.45, 2.75) is 187 Å². The first-order valence-corrected chi connectivity index (χ1v) is 20.9. The number of hydrogen-bond acceptors (Lipinski definition) is 6. The molecule has 0 bridgehead atoms. The zero-order valence-electron chi connectivity index (χ0n) is 33.5. The lowest BCUT2D eigenvalue weighted by atomic mass is 10.1. The van der Waals surface area contributed by atoms with Crippen molar-refractivity contribution in [1.29, 1.82) is 0 Å². The van der Waals surface area contributed by atoms with Crippen molar-refractivity contribution in [1.82, 2.24) is 0 Å². The maximum atomic E-state index is 12.6. The molecule has 0 fully saturated rings. The molecule has 52 heavy (non-hydrogen) atoms. The zero-order chi connectivity index (χ0) is 38.0. The van der Waals surface area contributed by atoms with Gasteiger partial charge in [0.25, 0.3) is 0 Å². The van der Waals surface area contributed by atoms with E-state index in [0.717, 1.165) is 103 Å². The van der Waals surface area contributed by atoms with E-state index in [9.17, 15) is 14.4 Å². The largest absolute Gasteiger partial charge is 0.462 e. The van der Waals surface area contributed by atoms with Crippen molar-refractivity contribution in [2.75, 3.05) is 13.2 Å². The highest BCUT2D eigenvalue weighted by Gasteiger charge is 2.19. The van der Waals surface area contributed by atoms with Crippen LogP contribution < -0.4 is 0 Å². The van der Waals surface area contributed by atoms with Gasteiger partial charge in [0.1, 0.15) is 13.2 Å². The van der Waals surface area contributed by atoms with E-state index in [1.54, 1.807) is 6.08 Å². The lowest BCUT2D eigenvalue weighted by Crippen LogP contribution is -2.30. The second kappa shape index (κ2) is 40.6. The third-order valence-electron chi connectivity index (χ3n) is 8.46. The highest BCUT2D eigenvalue weighted by molar-refractivity contribution is 5.72. The van der Waals surface area contributed by atoms with Crippen LogP contribution in [-0.4, -0.2) is 37.2 Å². The lowest BCUT2D eigenvalue weighted by molar-refractivity contribution is -0.166. The molecule has 0 aliphatic rings. The van der Waals surface area contributed by atoms with Gasteiger partial charge in [-0.3, -0.25) is 14.4 Å². The fraction of sp³-hybridized carbons (Fsp3) is 0.674. The van der Waals surface area contributed by atoms with Crippen molar-refractivity contribution in [3.05, 3.63) is 72.9 Å². The number of rotatable bonds is 36. The molecule has 0 rings (SSSR count). The van der Waals surface area contributed by atoms with Crippen molar-refractivity contribution >= 4 is 17.9 Å². The van der Waals surface area contributed by atoms with Gasteiger partial charge in [0.15, 0.2) is 6.10 Å². The molecular weight excluding hydrogens is 649 g/mol. The molecule has 1 atom stereocenters. The predicted octanol–water partition coefficient (Wildman–Crippen LogP) is 13.1. The summed E-state index contributed by atoms with van der Waals surface area (Å²) in [5, 5.41) is 0. The molecule has 0 radical (unpaired) electrons. The molecular formula is C46H76O6. The van der Waals surface area contributed by atoms with Crippen LogP contribution >= 0.6 is 0 Å². The Balaban J connectivity index is 4.50. The van der Waals surface area contributed by atoms with Crippen molar-refractivity contribution in [3.63, 3.8) is 0 Å². The smallest absolute Gasteiger partial charge is 0.309 e. The van der Waals surface area contributed by atoms with Crippen LogP contribution in [0.1, 0.15) is 181 Å². The highest BCUT2D eigenvalue weighted by atomic mass is 16.6. The first-order chi connectivity index (χ1) is 25.5. The summed E-state index contributed by atoms with van der Waals surface area (Å²) in [6, 6.07) is 0. The maximum Gasteiger partial charge on any atom is 0.309 e. The van der Waals surface area contributed by atoms with Gasteiger partial charge in [-0.1, -0.05) is 151 Å². The summed E-state index contributed by atoms with van der Waals surface area (Å²) in [6.45, 7) is 6.24. The molecule has 0 aromatic rings. The molecule has 296 valence electrons. The van der Waals surface area contributed by atoms with Gasteiger partial charge in [-0.15, -0.1) is 0 Å². The molecule has 0 N–H and O–H groups in total. The van der Waals surface area contributed by atoms with E-state index in [2.05, 4.69) is 81.5 Å². The van der Waals surface area contributed by atoms with Gasteiger partial charge in [0, 0.05) is 12.8 Å². The molecule has 0 aromatic carbocycles. The average Bonchev–Trinajstić information content (AvgIpc) is 3.14. The number of hydrogen-bond donors (Lipinski definition) is 0. The molecule has 0 aliphatic heterocycles. The van der Waals surface area contributed by atoms with Gasteiger partial charge in [-0.2, -0.15) is 0 Å². The van der Waals surface area contributed by atoms with Gasteiger partial charge >= 0.3 is 17.9 Å². The molecule has 0 saturated heterocycles. The Labute approximate surface area is 319 Å². The topological polar surface area (TPSA) is 78.9 Å². The van der Waals surface area contributed by atoms with Crippen LogP contribution in [0.3, 0.4) is 0 Å². The molecule has 0 heterocycles. The normalized spacial score (nSPS) is 12.8. The first-order valence-electron chi connectivity index (χ1n) is 20.9. The van der Waals surface area contributed by atoms with Gasteiger partial charge < -0.3 is 14.2 Å². The summed E-state index contributed by atoms with van der Waals surface area (Å²) in [7, 11) is 0. The molecule has 1 unspecified atom stereocenters. The standard InChI is InChI=1S/C46H76O6/c1-4-7-10-13-16-19-21-23-25-27-30-33-36-39-45(48)51-42-43(41-50-44(47)38-35-32-29-26-18-15-12-9-6-3)52-46(49)40-37-34-31-28-24-22-20-17-14-11-8-5-2/h8-9,11-12,17-18,20,23,25-26,32,35,43H,4-7,10,13-16,19,21-22,24,27-31,33-34,36-42H2,1-3H3/b11-8-,12-9-,20-17-,25-23-,26-18-,35-32-. The van der Waals surface area contributed by atoms with Crippen LogP contribution in [0.2, 0.25) is 0 Å². The predicted molar refractivity (Wildman–Crippen MR) is 219 cm³/mol. The molecule has 0 amide bonds. The summed E-state index contributed by atoms with van der Waals surface area (Å²) in [5.74, 6) is -1.09. The van der Waals surface area contributed by atoms with Crippen LogP contribution in [0, 0.1) is 0 Å². The summed E-state index contributed by atoms with van der Waals surface area (Å²) in [4.78, 5) is 37.5. The second-order valence-corrected chi connectivity index (χ2v) is 13.5. The SMILES string of the molecule is CC/C=C\C/C=C\C/C=C\CC(=O)OCC(COC(=O)CCCCC/C=C\CCCCCCCC)OC(=O)CCCCCCC/C=C\C/C=C\CC. The van der Waals surface area contributed by atoms with E-state index in [-0.39, 0.29) is 31.6 Å². The van der Waals surface area contributed by atoms with E-state index in [1.807, 2.05) is 6.08 Å². The number of carbonyl (C=O) groups excluding carboxylic acids is 3. The Morgan fingerprint density at radius 1 is 0.423 bits per heavy atom. The Morgan fingerprint density at radius 3 is 1.38 bits per heavy atom. The van der Waals surface area contributed by atoms with Gasteiger partial charge in [0.05, 0.1) is 6.42 Å². The van der Waals surface area contributed by atoms with Crippen molar-refractivity contribution in [3.8, 4) is 0 Å². The minimum Gasteiger partial charge on any atom is -0.462 e. The fourth-order valence-corrected chi connectivity index (χ4v) is 5.36. The fourth-order valence-electron chi connectivity index (χ4n) is 5.36. The zero-order valence-corrected chi connectivity index (χ0v) is 33.5. The second-order valence-electron chi connectivity index (χ2n) is 13.5. The average molecular weight is 725 g/mol. The lowest BCUT2D eigenvalue weighted by Gasteiger charge is -2.18. The van der Waals surface area contributed by atoms with Crippen LogP contribution in [0.5, 0.6) is 0 Å². The summed E-state index contributed by atoms with van der Waals surface area (Å²) < 4.78 is 16.5. The summed E-state index contributed by atoms with van der Waals surface area (Å²) >= 11 is 0. The van der Waals surface area contributed by atoms with Crippen molar-refractivity contribution in [2.24, 2.45) is 0 Å². The number of unbranched alkanes of at least 4 members (excludes halogenated alkanes) is 14. The first kappa shape index (κ1) is 48.9. The molecule has 0 spiro atoms. The third kappa shape index (κ3) is 38.1. The Kier molecular flexibility index (Phi) is 38.2. The maximum absolute atomic E-state index is 12.6. The van der Waals surface area contributed by atoms with Crippen LogP contribution in [0.25, 0.3) is 0 Å². The van der Waals surface area contributed by atoms with Gasteiger partial charge in [-0.25, -0.2) is 0 Å². The molecule has 0 aliphatic carbocycles. The number of ether oxygens (including phenoxy) is 3. The minimum atomic E-state index is -0.820. The van der Waals surface area contributed by atoms with Crippen molar-refractivity contribution < 1.29 is 28.6 Å². The third-order valence-corrected chi connectivity index (χ3v) is 8.46. The van der Waals surface area contributed by atoms with Crippen LogP contribution in [0.4, 0.5) is 0 Å². The van der Waals surface area contributed by atoms with E-state index in [1.165, 1.54) is 38.5 Å². The Morgan fingerprint density at radius 2 is 0.827 bits per heavy atom. The van der Waals surface area contributed by atoms with Crippen LogP contribution in [0.15, 0.2) is 72.9 Å². The van der Waals surface area contributed by atoms with Crippen LogP contribution in [-0.2, 0) is 28.6 Å². The summed E-state index contributed by atoms with van der Waals surface area (Å²) in [5.41, 5.74) is 0.